The molecule has 0 saturated carbocycles. The number of benzene rings is 3. The Hall–Kier alpha value is -4.19. The molecule has 0 amide bonds. The lowest BCUT2D eigenvalue weighted by molar-refractivity contribution is 0.628. The molecule has 5 nitrogen and oxygen atoms in total. The second kappa shape index (κ2) is 9.53. The molecule has 0 aliphatic heterocycles. The fraction of sp³-hybridized carbons (Fsp3) is 0.111. The summed E-state index contributed by atoms with van der Waals surface area (Å²) in [6.45, 7) is 5.95. The van der Waals surface area contributed by atoms with Crippen LogP contribution in [0.1, 0.15) is 19.4 Å². The van der Waals surface area contributed by atoms with Gasteiger partial charge in [-0.15, -0.1) is 0 Å². The molecule has 0 spiro atoms. The largest absolute Gasteiger partial charge is 0.397 e. The highest BCUT2D eigenvalue weighted by Gasteiger charge is 2.19. The van der Waals surface area contributed by atoms with Gasteiger partial charge in [0, 0.05) is 17.6 Å². The Morgan fingerprint density at radius 1 is 0.970 bits per heavy atom. The van der Waals surface area contributed by atoms with Crippen molar-refractivity contribution < 1.29 is 4.39 Å². The summed E-state index contributed by atoms with van der Waals surface area (Å²) in [6.07, 6.45) is 3.50. The topological polar surface area (TPSA) is 66.5 Å². The minimum Gasteiger partial charge on any atom is -0.397 e. The molecule has 0 unspecified atom stereocenters. The van der Waals surface area contributed by atoms with Crippen molar-refractivity contribution in [2.75, 3.05) is 16.0 Å². The molecule has 0 aliphatic carbocycles. The Bertz CT molecular complexity index is 1280. The molecule has 6 heteroatoms. The number of nitrogens with two attached hydrogens (primary N) is 1. The number of anilines is 6. The van der Waals surface area contributed by atoms with Gasteiger partial charge >= 0.3 is 0 Å². The Morgan fingerprint density at radius 2 is 1.73 bits per heavy atom. The zero-order valence-electron chi connectivity index (χ0n) is 18.9. The molecule has 4 aromatic rings. The first-order valence-electron chi connectivity index (χ1n) is 10.7. The first-order chi connectivity index (χ1) is 15.9. The molecule has 1 aromatic heterocycles. The highest BCUT2D eigenvalue weighted by Crippen LogP contribution is 2.43. The molecular formula is C27H26FN5. The van der Waals surface area contributed by atoms with Gasteiger partial charge in [-0.1, -0.05) is 12.1 Å². The highest BCUT2D eigenvalue weighted by molar-refractivity contribution is 5.91. The lowest BCUT2D eigenvalue weighted by Crippen LogP contribution is -2.13. The van der Waals surface area contributed by atoms with Crippen molar-refractivity contribution in [1.82, 2.24) is 4.98 Å². The SMILES string of the molecule is CC(C)=Nc1cc(N(c2ccc(F)cc2)c2ccccc2N)c(C)cc1Nc1cccnc1. The third-order valence-electron chi connectivity index (χ3n) is 5.10. The number of aliphatic imine (C=N–C) groups is 1. The van der Waals surface area contributed by atoms with Crippen LogP contribution in [0.5, 0.6) is 0 Å². The number of nitrogens with one attached hydrogen (secondary N) is 1. The van der Waals surface area contributed by atoms with Gasteiger partial charge in [-0.05, 0) is 87.0 Å². The maximum Gasteiger partial charge on any atom is 0.123 e. The maximum atomic E-state index is 13.7. The molecule has 0 aliphatic rings. The molecular weight excluding hydrogens is 413 g/mol. The number of hydrogen-bond acceptors (Lipinski definition) is 5. The van der Waals surface area contributed by atoms with Gasteiger partial charge in [0.25, 0.3) is 0 Å². The summed E-state index contributed by atoms with van der Waals surface area (Å²) < 4.78 is 13.7. The Labute approximate surface area is 193 Å². The smallest absolute Gasteiger partial charge is 0.123 e. The summed E-state index contributed by atoms with van der Waals surface area (Å²) in [5.41, 5.74) is 13.9. The highest BCUT2D eigenvalue weighted by atomic mass is 19.1. The van der Waals surface area contributed by atoms with E-state index in [9.17, 15) is 4.39 Å². The Morgan fingerprint density at radius 3 is 2.39 bits per heavy atom. The van der Waals surface area contributed by atoms with Crippen molar-refractivity contribution in [2.24, 2.45) is 4.99 Å². The van der Waals surface area contributed by atoms with Crippen LogP contribution < -0.4 is 16.0 Å². The minimum absolute atomic E-state index is 0.292. The van der Waals surface area contributed by atoms with Crippen molar-refractivity contribution >= 4 is 45.5 Å². The van der Waals surface area contributed by atoms with Crippen LogP contribution in [-0.4, -0.2) is 10.7 Å². The summed E-state index contributed by atoms with van der Waals surface area (Å²) in [6, 6.07) is 21.9. The molecule has 3 aromatic carbocycles. The van der Waals surface area contributed by atoms with Crippen molar-refractivity contribution in [1.29, 1.82) is 0 Å². The zero-order valence-corrected chi connectivity index (χ0v) is 18.9. The van der Waals surface area contributed by atoms with Crippen LogP contribution >= 0.6 is 0 Å². The van der Waals surface area contributed by atoms with Gasteiger partial charge in [0.05, 0.1) is 40.3 Å². The second-order valence-corrected chi connectivity index (χ2v) is 7.95. The van der Waals surface area contributed by atoms with Crippen molar-refractivity contribution in [2.45, 2.75) is 20.8 Å². The quantitative estimate of drug-likeness (QED) is 0.242. The van der Waals surface area contributed by atoms with Crippen LogP contribution in [0.25, 0.3) is 0 Å². The predicted octanol–water partition coefficient (Wildman–Crippen LogP) is 7.44. The second-order valence-electron chi connectivity index (χ2n) is 7.95. The number of nitrogen functional groups attached to an aromatic ring is 1. The molecule has 0 radical (unpaired) electrons. The normalized spacial score (nSPS) is 10.5. The molecule has 0 atom stereocenters. The van der Waals surface area contributed by atoms with E-state index in [2.05, 4.69) is 16.4 Å². The van der Waals surface area contributed by atoms with Crippen LogP contribution in [0.15, 0.2) is 90.2 Å². The minimum atomic E-state index is -0.292. The molecule has 3 N–H and O–H groups in total. The number of nitrogens with zero attached hydrogens (tertiary/aromatic N) is 3. The van der Waals surface area contributed by atoms with Crippen LogP contribution in [0, 0.1) is 12.7 Å². The van der Waals surface area contributed by atoms with E-state index in [1.165, 1.54) is 12.1 Å². The van der Waals surface area contributed by atoms with Gasteiger partial charge in [-0.3, -0.25) is 9.98 Å². The number of aromatic nitrogens is 1. The van der Waals surface area contributed by atoms with Gasteiger partial charge in [-0.2, -0.15) is 0 Å². The summed E-state index contributed by atoms with van der Waals surface area (Å²) >= 11 is 0. The number of halogens is 1. The lowest BCUT2D eigenvalue weighted by atomic mass is 10.1. The summed E-state index contributed by atoms with van der Waals surface area (Å²) in [5, 5.41) is 3.42. The third kappa shape index (κ3) is 5.01. The van der Waals surface area contributed by atoms with E-state index in [1.807, 2.05) is 68.1 Å². The Balaban J connectivity index is 1.90. The van der Waals surface area contributed by atoms with Crippen LogP contribution in [-0.2, 0) is 0 Å². The standard InChI is InChI=1S/C27H26FN5/c1-18(2)31-25-16-27(19(3)15-24(25)32-21-7-6-14-30-17-21)33(22-12-10-20(28)11-13-22)26-9-5-4-8-23(26)29/h4-17,32H,29H2,1-3H3. The van der Waals surface area contributed by atoms with E-state index < -0.39 is 0 Å². The van der Waals surface area contributed by atoms with E-state index >= 15 is 0 Å². The van der Waals surface area contributed by atoms with Crippen molar-refractivity contribution in [3.63, 3.8) is 0 Å². The van der Waals surface area contributed by atoms with E-state index in [4.69, 9.17) is 10.7 Å². The molecule has 166 valence electrons. The van der Waals surface area contributed by atoms with E-state index in [1.54, 1.807) is 24.5 Å². The lowest BCUT2D eigenvalue weighted by Gasteiger charge is -2.29. The average molecular weight is 440 g/mol. The van der Waals surface area contributed by atoms with E-state index in [0.29, 0.717) is 5.69 Å². The number of para-hydroxylation sites is 2. The van der Waals surface area contributed by atoms with Gasteiger partial charge in [-0.25, -0.2) is 4.39 Å². The molecule has 33 heavy (non-hydrogen) atoms. The molecule has 0 bridgehead atoms. The molecule has 4 rings (SSSR count). The molecule has 0 saturated heterocycles. The van der Waals surface area contributed by atoms with Crippen LogP contribution in [0.4, 0.5) is 44.2 Å². The zero-order chi connectivity index (χ0) is 23.4. The van der Waals surface area contributed by atoms with E-state index in [-0.39, 0.29) is 5.82 Å². The van der Waals surface area contributed by atoms with Gasteiger partial charge in [0.2, 0.25) is 0 Å². The first kappa shape index (κ1) is 22.0. The van der Waals surface area contributed by atoms with Gasteiger partial charge < -0.3 is 16.0 Å². The van der Waals surface area contributed by atoms with E-state index in [0.717, 1.165) is 45.4 Å². The predicted molar refractivity (Wildman–Crippen MR) is 136 cm³/mol. The first-order valence-corrected chi connectivity index (χ1v) is 10.7. The fourth-order valence-electron chi connectivity index (χ4n) is 3.64. The summed E-state index contributed by atoms with van der Waals surface area (Å²) in [7, 11) is 0. The number of pyridine rings is 1. The number of aryl methyl sites for hydroxylation is 1. The summed E-state index contributed by atoms with van der Waals surface area (Å²) in [4.78, 5) is 11.0. The van der Waals surface area contributed by atoms with Gasteiger partial charge in [0.15, 0.2) is 0 Å². The maximum absolute atomic E-state index is 13.7. The average Bonchev–Trinajstić information content (AvgIpc) is 2.79. The Kier molecular flexibility index (Phi) is 6.36. The van der Waals surface area contributed by atoms with Crippen molar-refractivity contribution in [3.8, 4) is 0 Å². The van der Waals surface area contributed by atoms with Gasteiger partial charge in [0.1, 0.15) is 5.82 Å². The number of rotatable bonds is 6. The monoisotopic (exact) mass is 439 g/mol. The number of hydrogen-bond donors (Lipinski definition) is 2. The fourth-order valence-corrected chi connectivity index (χ4v) is 3.64. The van der Waals surface area contributed by atoms with Crippen LogP contribution in [0.2, 0.25) is 0 Å². The molecule has 1 heterocycles. The third-order valence-corrected chi connectivity index (χ3v) is 5.10. The van der Waals surface area contributed by atoms with Crippen molar-refractivity contribution in [3.05, 3.63) is 96.6 Å². The molecule has 0 fully saturated rings. The van der Waals surface area contributed by atoms with Crippen LogP contribution in [0.3, 0.4) is 0 Å². The summed E-state index contributed by atoms with van der Waals surface area (Å²) in [5.74, 6) is -0.292.